The number of unbranched alkanes of at least 4 members (excludes halogenated alkanes) is 9. The summed E-state index contributed by atoms with van der Waals surface area (Å²) in [7, 11) is 0. The van der Waals surface area contributed by atoms with Gasteiger partial charge in [0.1, 0.15) is 0 Å². The van der Waals surface area contributed by atoms with Crippen molar-refractivity contribution in [1.82, 2.24) is 0 Å². The van der Waals surface area contributed by atoms with Crippen LogP contribution < -0.4 is 0 Å². The van der Waals surface area contributed by atoms with E-state index in [1.54, 1.807) is 0 Å². The summed E-state index contributed by atoms with van der Waals surface area (Å²) < 4.78 is 0. The van der Waals surface area contributed by atoms with Gasteiger partial charge in [-0.1, -0.05) is 105 Å². The van der Waals surface area contributed by atoms with Gasteiger partial charge in [-0.05, 0) is 111 Å². The third kappa shape index (κ3) is 14.4. The normalized spacial score (nSPS) is 12.1. The molecule has 222 valence electrons. The third-order valence-corrected chi connectivity index (χ3v) is 7.77. The minimum absolute atomic E-state index is 0.997. The first-order chi connectivity index (χ1) is 19.6. The molecule has 0 atom stereocenters. The Morgan fingerprint density at radius 3 is 1.32 bits per heavy atom. The Morgan fingerprint density at radius 2 is 0.875 bits per heavy atom. The zero-order chi connectivity index (χ0) is 28.8. The van der Waals surface area contributed by atoms with E-state index in [0.29, 0.717) is 0 Å². The third-order valence-electron chi connectivity index (χ3n) is 7.77. The van der Waals surface area contributed by atoms with E-state index in [4.69, 9.17) is 9.98 Å². The average Bonchev–Trinajstić information content (AvgIpc) is 2.97. The molecule has 0 bridgehead atoms. The van der Waals surface area contributed by atoms with Crippen LogP contribution in [0.2, 0.25) is 0 Å². The summed E-state index contributed by atoms with van der Waals surface area (Å²) >= 11 is 0. The van der Waals surface area contributed by atoms with Crippen molar-refractivity contribution in [2.75, 3.05) is 0 Å². The molecule has 0 saturated carbocycles. The van der Waals surface area contributed by atoms with Gasteiger partial charge in [-0.3, -0.25) is 9.98 Å². The topological polar surface area (TPSA) is 24.7 Å². The van der Waals surface area contributed by atoms with Crippen molar-refractivity contribution in [3.8, 4) is 0 Å². The highest BCUT2D eigenvalue weighted by Gasteiger charge is 2.06. The lowest BCUT2D eigenvalue weighted by Crippen LogP contribution is -2.01. The maximum absolute atomic E-state index is 5.26. The molecule has 0 aliphatic carbocycles. The van der Waals surface area contributed by atoms with Gasteiger partial charge in [0.05, 0.1) is 17.1 Å². The van der Waals surface area contributed by atoms with Gasteiger partial charge in [0, 0.05) is 6.21 Å². The molecule has 0 fully saturated rings. The summed E-state index contributed by atoms with van der Waals surface area (Å²) in [4.78, 5) is 10.3. The molecule has 40 heavy (non-hydrogen) atoms. The van der Waals surface area contributed by atoms with Gasteiger partial charge < -0.3 is 0 Å². The van der Waals surface area contributed by atoms with Crippen molar-refractivity contribution >= 4 is 23.3 Å². The number of rotatable bonds is 22. The quantitative estimate of drug-likeness (QED) is 0.104. The van der Waals surface area contributed by atoms with E-state index in [9.17, 15) is 0 Å². The molecular formula is C38H60N2. The van der Waals surface area contributed by atoms with Gasteiger partial charge in [-0.15, -0.1) is 0 Å². The molecule has 2 rings (SSSR count). The molecule has 2 aromatic rings. The van der Waals surface area contributed by atoms with Crippen LogP contribution in [0.25, 0.3) is 0 Å². The monoisotopic (exact) mass is 544 g/mol. The summed E-state index contributed by atoms with van der Waals surface area (Å²) in [6, 6.07) is 14.1. The molecular weight excluding hydrogens is 484 g/mol. The van der Waals surface area contributed by atoms with Crippen LogP contribution in [-0.2, 0) is 25.7 Å². The molecule has 2 aromatic carbocycles. The fraction of sp³-hybridized carbons (Fsp3) is 0.632. The summed E-state index contributed by atoms with van der Waals surface area (Å²) in [5.41, 5.74) is 9.08. The average molecular weight is 545 g/mol. The van der Waals surface area contributed by atoms with Crippen molar-refractivity contribution in [3.05, 3.63) is 58.7 Å². The van der Waals surface area contributed by atoms with Gasteiger partial charge in [0.2, 0.25) is 0 Å². The summed E-state index contributed by atoms with van der Waals surface area (Å²) in [6.07, 6.45) is 25.3. The van der Waals surface area contributed by atoms with E-state index in [1.807, 2.05) is 0 Å². The lowest BCUT2D eigenvalue weighted by Gasteiger charge is -2.09. The highest BCUT2D eigenvalue weighted by molar-refractivity contribution is 6.31. The zero-order valence-electron chi connectivity index (χ0n) is 26.9. The van der Waals surface area contributed by atoms with Crippen molar-refractivity contribution in [2.45, 2.75) is 157 Å². The van der Waals surface area contributed by atoms with Gasteiger partial charge in [-0.2, -0.15) is 0 Å². The van der Waals surface area contributed by atoms with Gasteiger partial charge >= 0.3 is 0 Å². The van der Waals surface area contributed by atoms with Crippen molar-refractivity contribution < 1.29 is 0 Å². The zero-order valence-corrected chi connectivity index (χ0v) is 26.9. The van der Waals surface area contributed by atoms with Crippen LogP contribution in [0.3, 0.4) is 0 Å². The second-order valence-electron chi connectivity index (χ2n) is 11.8. The first-order valence-corrected chi connectivity index (χ1v) is 17.0. The Bertz CT molecular complexity index is 948. The van der Waals surface area contributed by atoms with Crippen LogP contribution >= 0.6 is 0 Å². The van der Waals surface area contributed by atoms with Crippen molar-refractivity contribution in [2.24, 2.45) is 9.98 Å². The highest BCUT2D eigenvalue weighted by Crippen LogP contribution is 2.24. The Labute approximate surface area is 248 Å². The lowest BCUT2D eigenvalue weighted by atomic mass is 10.0. The summed E-state index contributed by atoms with van der Waals surface area (Å²) in [6.45, 7) is 11.4. The predicted molar refractivity (Wildman–Crippen MR) is 181 cm³/mol. The molecule has 0 aliphatic rings. The number of benzene rings is 2. The Kier molecular flexibility index (Phi) is 18.3. The molecule has 0 spiro atoms. The number of aryl methyl sites for hydroxylation is 4. The maximum Gasteiger partial charge on any atom is 0.0639 e. The Hall–Kier alpha value is -2.22. The van der Waals surface area contributed by atoms with Crippen LogP contribution in [0.15, 0.2) is 46.4 Å². The van der Waals surface area contributed by atoms with E-state index >= 15 is 0 Å². The molecule has 0 heterocycles. The second-order valence-corrected chi connectivity index (χ2v) is 11.8. The minimum atomic E-state index is 0.997. The minimum Gasteiger partial charge on any atom is -0.255 e. The lowest BCUT2D eigenvalue weighted by molar-refractivity contribution is 0.616. The first-order valence-electron chi connectivity index (χ1n) is 17.0. The fourth-order valence-corrected chi connectivity index (χ4v) is 5.28. The van der Waals surface area contributed by atoms with Crippen LogP contribution in [-0.4, -0.2) is 11.9 Å². The Morgan fingerprint density at radius 1 is 0.475 bits per heavy atom. The molecule has 2 heteroatoms. The summed E-state index contributed by atoms with van der Waals surface area (Å²) in [5, 5.41) is 0. The fourth-order valence-electron chi connectivity index (χ4n) is 5.28. The summed E-state index contributed by atoms with van der Waals surface area (Å²) in [5.74, 6) is 0. The first kappa shape index (κ1) is 34.0. The van der Waals surface area contributed by atoms with Crippen molar-refractivity contribution in [3.63, 3.8) is 0 Å². The van der Waals surface area contributed by atoms with Crippen molar-refractivity contribution in [1.29, 1.82) is 0 Å². The molecule has 0 aliphatic heterocycles. The number of hydrogen-bond acceptors (Lipinski definition) is 2. The van der Waals surface area contributed by atoms with Gasteiger partial charge in [0.15, 0.2) is 0 Å². The highest BCUT2D eigenvalue weighted by atomic mass is 14.8. The van der Waals surface area contributed by atoms with E-state index in [0.717, 1.165) is 49.2 Å². The SMILES string of the molecule is CCCCCCCCC(C=Nc1cc(CCCC)cc(CCCC)c1)=Nc1cc(CCCC)cc(CCCC)c1. The molecule has 0 aromatic heterocycles. The van der Waals surface area contributed by atoms with Crippen LogP contribution in [0, 0.1) is 0 Å². The molecule has 0 N–H and O–H groups in total. The van der Waals surface area contributed by atoms with Gasteiger partial charge in [0.25, 0.3) is 0 Å². The molecule has 0 amide bonds. The maximum atomic E-state index is 5.26. The molecule has 0 saturated heterocycles. The largest absolute Gasteiger partial charge is 0.255 e. The Balaban J connectivity index is 2.36. The molecule has 2 nitrogen and oxygen atoms in total. The standard InChI is InChI=1S/C38H60N2/c1-6-11-16-17-18-19-24-36(40-38-29-34(22-14-9-4)26-35(30-38)23-15-10-5)31-39-37-27-32(20-12-7-2)25-33(28-37)21-13-8-3/h25-31H,6-24H2,1-5H3. The van der Waals surface area contributed by atoms with Crippen LogP contribution in [0.1, 0.15) is 153 Å². The predicted octanol–water partition coefficient (Wildman–Crippen LogP) is 12.3. The van der Waals surface area contributed by atoms with E-state index < -0.39 is 0 Å². The number of nitrogens with zero attached hydrogens (tertiary/aromatic N) is 2. The molecule has 0 unspecified atom stereocenters. The van der Waals surface area contributed by atoms with E-state index in [2.05, 4.69) is 77.2 Å². The van der Waals surface area contributed by atoms with Crippen LogP contribution in [0.5, 0.6) is 0 Å². The second kappa shape index (κ2) is 21.5. The van der Waals surface area contributed by atoms with E-state index in [-0.39, 0.29) is 0 Å². The number of aliphatic imine (C=N–C) groups is 2. The van der Waals surface area contributed by atoms with Gasteiger partial charge in [-0.25, -0.2) is 0 Å². The smallest absolute Gasteiger partial charge is 0.0639 e. The number of hydrogen-bond donors (Lipinski definition) is 0. The van der Waals surface area contributed by atoms with E-state index in [1.165, 1.54) is 112 Å². The molecule has 0 radical (unpaired) electrons. The van der Waals surface area contributed by atoms with Crippen LogP contribution in [0.4, 0.5) is 11.4 Å².